The molecule has 4 aromatic carbocycles. The molecule has 2 heterocycles. The Labute approximate surface area is 257 Å². The van der Waals surface area contributed by atoms with E-state index in [-0.39, 0.29) is 37.1 Å². The molecule has 43 heavy (non-hydrogen) atoms. The van der Waals surface area contributed by atoms with Gasteiger partial charge in [0.25, 0.3) is 0 Å². The first-order valence-corrected chi connectivity index (χ1v) is 16.4. The van der Waals surface area contributed by atoms with Crippen LogP contribution in [0.4, 0.5) is 17.1 Å². The third-order valence-corrected chi connectivity index (χ3v) is 10.3. The Morgan fingerprint density at radius 2 is 1.35 bits per heavy atom. The van der Waals surface area contributed by atoms with Crippen LogP contribution in [0.5, 0.6) is 11.5 Å². The fourth-order valence-electron chi connectivity index (χ4n) is 6.40. The molecule has 0 unspecified atom stereocenters. The Bertz CT molecular complexity index is 1880. The molecular formula is C37H31NO4Se. The van der Waals surface area contributed by atoms with E-state index in [1.54, 1.807) is 6.08 Å². The van der Waals surface area contributed by atoms with E-state index in [9.17, 15) is 9.59 Å². The summed E-state index contributed by atoms with van der Waals surface area (Å²) in [6.45, 7) is 9.27. The molecule has 0 amide bonds. The summed E-state index contributed by atoms with van der Waals surface area (Å²) in [6, 6.07) is 26.6. The first kappa shape index (κ1) is 27.5. The van der Waals surface area contributed by atoms with Gasteiger partial charge in [0.15, 0.2) is 0 Å². The second kappa shape index (κ2) is 10.4. The van der Waals surface area contributed by atoms with Crippen molar-refractivity contribution in [1.82, 2.24) is 0 Å². The summed E-state index contributed by atoms with van der Waals surface area (Å²) in [7, 11) is 0. The summed E-state index contributed by atoms with van der Waals surface area (Å²) in [5.74, 6) is 0.736. The Morgan fingerprint density at radius 1 is 0.744 bits per heavy atom. The summed E-state index contributed by atoms with van der Waals surface area (Å²) in [5, 5.41) is 1.03. The number of ether oxygens (including phenoxy) is 2. The van der Waals surface area contributed by atoms with E-state index >= 15 is 0 Å². The van der Waals surface area contributed by atoms with Gasteiger partial charge < -0.3 is 0 Å². The molecule has 0 fully saturated rings. The second-order valence-electron chi connectivity index (χ2n) is 11.3. The molecule has 0 N–H and O–H groups in total. The molecule has 5 aromatic rings. The van der Waals surface area contributed by atoms with Crippen molar-refractivity contribution in [3.8, 4) is 11.5 Å². The zero-order valence-corrected chi connectivity index (χ0v) is 26.3. The van der Waals surface area contributed by atoms with E-state index < -0.39 is 0 Å². The zero-order chi connectivity index (χ0) is 29.9. The number of fused-ring (bicyclic) bond motifs is 4. The number of nitrogens with zero attached hydrogens (tertiary/aromatic N) is 1. The van der Waals surface area contributed by atoms with Crippen LogP contribution >= 0.6 is 0 Å². The summed E-state index contributed by atoms with van der Waals surface area (Å²) >= 11 is 0.186. The summed E-state index contributed by atoms with van der Waals surface area (Å²) in [5.41, 5.74) is 6.95. The van der Waals surface area contributed by atoms with Crippen LogP contribution in [0.15, 0.2) is 89.4 Å². The average molecular weight is 633 g/mol. The SMILES string of the molecule is CCOc1cc(N2c3ccccc3C(C)(C)c3ccccc32)c(OCC)cc1/C=C1/C(=O)c2cc3cc[se]c3cc2C1=O. The summed E-state index contributed by atoms with van der Waals surface area (Å²) in [6.07, 6.45) is 1.68. The molecule has 0 radical (unpaired) electrons. The maximum absolute atomic E-state index is 13.6. The normalized spacial score (nSPS) is 15.9. The molecule has 1 aromatic heterocycles. The first-order chi connectivity index (χ1) is 20.8. The molecule has 0 bridgehead atoms. The van der Waals surface area contributed by atoms with Gasteiger partial charge in [-0.15, -0.1) is 0 Å². The Morgan fingerprint density at radius 3 is 2.00 bits per heavy atom. The minimum atomic E-state index is -0.249. The molecule has 0 spiro atoms. The van der Waals surface area contributed by atoms with Gasteiger partial charge in [-0.2, -0.15) is 0 Å². The number of hydrogen-bond donors (Lipinski definition) is 0. The predicted octanol–water partition coefficient (Wildman–Crippen LogP) is 8.27. The van der Waals surface area contributed by atoms with Gasteiger partial charge in [-0.3, -0.25) is 0 Å². The number of para-hydroxylation sites is 2. The van der Waals surface area contributed by atoms with Gasteiger partial charge in [0.1, 0.15) is 0 Å². The number of ketones is 2. The average Bonchev–Trinajstić information content (AvgIpc) is 3.56. The van der Waals surface area contributed by atoms with Gasteiger partial charge in [-0.25, -0.2) is 0 Å². The van der Waals surface area contributed by atoms with Crippen molar-refractivity contribution in [3.63, 3.8) is 0 Å². The molecule has 0 saturated carbocycles. The number of hydrogen-bond acceptors (Lipinski definition) is 5. The van der Waals surface area contributed by atoms with Crippen molar-refractivity contribution < 1.29 is 19.1 Å². The Kier molecular flexibility index (Phi) is 6.64. The van der Waals surface area contributed by atoms with Crippen LogP contribution in [0.1, 0.15) is 65.1 Å². The molecule has 0 atom stereocenters. The fraction of sp³-hybridized carbons (Fsp3) is 0.189. The number of carbonyl (C=O) groups excluding carboxylic acids is 2. The first-order valence-electron chi connectivity index (χ1n) is 14.6. The van der Waals surface area contributed by atoms with Gasteiger partial charge in [0, 0.05) is 5.41 Å². The van der Waals surface area contributed by atoms with E-state index in [2.05, 4.69) is 72.2 Å². The van der Waals surface area contributed by atoms with Crippen LogP contribution in [0.3, 0.4) is 0 Å². The minimum absolute atomic E-state index is 0.154. The fourth-order valence-corrected chi connectivity index (χ4v) is 8.10. The zero-order valence-electron chi connectivity index (χ0n) is 24.6. The molecule has 214 valence electrons. The molecule has 1 aliphatic heterocycles. The molecule has 0 saturated heterocycles. The molecule has 1 aliphatic carbocycles. The van der Waals surface area contributed by atoms with Crippen molar-refractivity contribution in [2.24, 2.45) is 0 Å². The molecule has 6 heteroatoms. The number of carbonyl (C=O) groups is 2. The van der Waals surface area contributed by atoms with Gasteiger partial charge in [0.2, 0.25) is 0 Å². The van der Waals surface area contributed by atoms with Crippen molar-refractivity contribution in [2.75, 3.05) is 18.1 Å². The van der Waals surface area contributed by atoms with E-state index in [1.165, 1.54) is 11.1 Å². The van der Waals surface area contributed by atoms with E-state index in [0.717, 1.165) is 26.7 Å². The summed E-state index contributed by atoms with van der Waals surface area (Å²) in [4.78, 5) is 31.5. The van der Waals surface area contributed by atoms with E-state index in [0.29, 0.717) is 41.4 Å². The monoisotopic (exact) mass is 633 g/mol. The van der Waals surface area contributed by atoms with Crippen LogP contribution in [-0.2, 0) is 5.41 Å². The molecule has 5 nitrogen and oxygen atoms in total. The van der Waals surface area contributed by atoms with Crippen LogP contribution in [0, 0.1) is 0 Å². The van der Waals surface area contributed by atoms with Crippen LogP contribution in [0.2, 0.25) is 0 Å². The quantitative estimate of drug-likeness (QED) is 0.107. The van der Waals surface area contributed by atoms with E-state index in [1.807, 2.05) is 44.2 Å². The third kappa shape index (κ3) is 4.28. The number of anilines is 3. The van der Waals surface area contributed by atoms with Gasteiger partial charge in [0.05, 0.1) is 0 Å². The molecular weight excluding hydrogens is 601 g/mol. The van der Waals surface area contributed by atoms with Crippen molar-refractivity contribution in [2.45, 2.75) is 33.1 Å². The van der Waals surface area contributed by atoms with Crippen LogP contribution in [0.25, 0.3) is 15.7 Å². The number of Topliss-reactive ketones (excluding diaryl/α,β-unsaturated/α-hetero) is 2. The van der Waals surface area contributed by atoms with Crippen molar-refractivity contribution in [1.29, 1.82) is 0 Å². The van der Waals surface area contributed by atoms with E-state index in [4.69, 9.17) is 9.47 Å². The van der Waals surface area contributed by atoms with Crippen LogP contribution < -0.4 is 14.4 Å². The van der Waals surface area contributed by atoms with Gasteiger partial charge in [-0.05, 0) is 23.3 Å². The Balaban J connectivity index is 1.41. The number of rotatable bonds is 6. The topological polar surface area (TPSA) is 55.8 Å². The Hall–Kier alpha value is -4.38. The third-order valence-electron chi connectivity index (χ3n) is 8.44. The number of allylic oxidation sites excluding steroid dienone is 1. The molecule has 2 aliphatic rings. The maximum atomic E-state index is 13.6. The standard InChI is InChI=1S/C37H31NO4Se/c1-5-41-32-21-31(38-29-13-9-7-11-27(29)37(3,4)28-12-8-10-14-30(28)38)33(42-6-2)19-23(32)18-26-35(39)24-17-22-15-16-43-34(22)20-25(24)36(26)40/h7-21H,5-6H2,1-4H3/b26-18-. The van der Waals surface area contributed by atoms with Gasteiger partial charge >= 0.3 is 179 Å². The van der Waals surface area contributed by atoms with Crippen molar-refractivity contribution >= 4 is 58.9 Å². The van der Waals surface area contributed by atoms with Crippen molar-refractivity contribution in [3.05, 3.63) is 117 Å². The predicted molar refractivity (Wildman–Crippen MR) is 173 cm³/mol. The number of benzene rings is 4. The molecule has 7 rings (SSSR count). The van der Waals surface area contributed by atoms with Crippen LogP contribution in [-0.4, -0.2) is 39.3 Å². The second-order valence-corrected chi connectivity index (χ2v) is 13.3. The summed E-state index contributed by atoms with van der Waals surface area (Å²) < 4.78 is 13.6. The van der Waals surface area contributed by atoms with Gasteiger partial charge in [-0.1, -0.05) is 50.2 Å².